The highest BCUT2D eigenvalue weighted by molar-refractivity contribution is 5.74. The average molecular weight is 278 g/mol. The van der Waals surface area contributed by atoms with E-state index >= 15 is 0 Å². The number of hydrogen-bond donors (Lipinski definition) is 3. The van der Waals surface area contributed by atoms with Crippen LogP contribution in [-0.2, 0) is 0 Å². The number of benzene rings is 1. The van der Waals surface area contributed by atoms with Crippen molar-refractivity contribution in [3.8, 4) is 0 Å². The first-order valence-electron chi connectivity index (χ1n) is 7.25. The van der Waals surface area contributed by atoms with E-state index in [1.807, 2.05) is 37.3 Å². The van der Waals surface area contributed by atoms with Crippen molar-refractivity contribution < 1.29 is 9.90 Å². The van der Waals surface area contributed by atoms with E-state index in [-0.39, 0.29) is 24.7 Å². The van der Waals surface area contributed by atoms with Crippen molar-refractivity contribution in [2.24, 2.45) is 5.92 Å². The molecule has 2 amide bonds. The molecule has 0 radical (unpaired) electrons. The van der Waals surface area contributed by atoms with Crippen molar-refractivity contribution in [3.63, 3.8) is 0 Å². The molecule has 0 saturated carbocycles. The molecule has 0 aliphatic heterocycles. The van der Waals surface area contributed by atoms with Crippen LogP contribution >= 0.6 is 0 Å². The van der Waals surface area contributed by atoms with E-state index in [1.54, 1.807) is 0 Å². The Morgan fingerprint density at radius 1 is 1.15 bits per heavy atom. The van der Waals surface area contributed by atoms with Gasteiger partial charge in [0.15, 0.2) is 0 Å². The van der Waals surface area contributed by atoms with Gasteiger partial charge in [-0.1, -0.05) is 44.2 Å². The fraction of sp³-hybridized carbons (Fsp3) is 0.562. The summed E-state index contributed by atoms with van der Waals surface area (Å²) in [6, 6.07) is 9.80. The molecule has 1 rings (SSSR count). The minimum Gasteiger partial charge on any atom is -0.396 e. The molecular weight excluding hydrogens is 252 g/mol. The highest BCUT2D eigenvalue weighted by atomic mass is 16.3. The summed E-state index contributed by atoms with van der Waals surface area (Å²) in [5.74, 6) is 0.496. The first-order chi connectivity index (χ1) is 9.52. The zero-order chi connectivity index (χ0) is 15.0. The predicted octanol–water partition coefficient (Wildman–Crippen LogP) is 2.84. The van der Waals surface area contributed by atoms with Crippen LogP contribution in [0.15, 0.2) is 30.3 Å². The van der Waals surface area contributed by atoms with Crippen LogP contribution in [0.3, 0.4) is 0 Å². The Kier molecular flexibility index (Phi) is 7.09. The summed E-state index contributed by atoms with van der Waals surface area (Å²) in [6.45, 7) is 6.25. The molecule has 112 valence electrons. The van der Waals surface area contributed by atoms with Gasteiger partial charge in [-0.05, 0) is 31.2 Å². The number of hydrogen-bond acceptors (Lipinski definition) is 2. The molecule has 1 aromatic rings. The Morgan fingerprint density at radius 2 is 1.80 bits per heavy atom. The van der Waals surface area contributed by atoms with Crippen LogP contribution in [-0.4, -0.2) is 23.8 Å². The van der Waals surface area contributed by atoms with Gasteiger partial charge in [-0.15, -0.1) is 0 Å². The third-order valence-electron chi connectivity index (χ3n) is 3.15. The van der Waals surface area contributed by atoms with Crippen molar-refractivity contribution in [1.29, 1.82) is 0 Å². The number of nitrogens with one attached hydrogen (secondary N) is 2. The summed E-state index contributed by atoms with van der Waals surface area (Å²) in [7, 11) is 0. The van der Waals surface area contributed by atoms with E-state index in [0.717, 1.165) is 12.0 Å². The second-order valence-corrected chi connectivity index (χ2v) is 5.62. The molecule has 0 heterocycles. The number of carbonyl (C=O) groups is 1. The highest BCUT2D eigenvalue weighted by Gasteiger charge is 2.16. The lowest BCUT2D eigenvalue weighted by molar-refractivity contribution is 0.226. The lowest BCUT2D eigenvalue weighted by atomic mass is 9.97. The SMILES string of the molecule is CC(C)CC(NC(=O)N[C@H](C)CCO)c1ccccc1. The molecule has 0 aliphatic rings. The molecule has 0 aliphatic carbocycles. The van der Waals surface area contributed by atoms with Crippen LogP contribution in [0.2, 0.25) is 0 Å². The second-order valence-electron chi connectivity index (χ2n) is 5.62. The molecule has 0 saturated heterocycles. The summed E-state index contributed by atoms with van der Waals surface area (Å²) >= 11 is 0. The molecule has 20 heavy (non-hydrogen) atoms. The van der Waals surface area contributed by atoms with Gasteiger partial charge in [-0.2, -0.15) is 0 Å². The molecule has 1 unspecified atom stereocenters. The fourth-order valence-corrected chi connectivity index (χ4v) is 2.12. The predicted molar refractivity (Wildman–Crippen MR) is 81.5 cm³/mol. The topological polar surface area (TPSA) is 61.4 Å². The minimum absolute atomic E-state index is 0.0116. The largest absolute Gasteiger partial charge is 0.396 e. The second kappa shape index (κ2) is 8.59. The van der Waals surface area contributed by atoms with Gasteiger partial charge in [0.1, 0.15) is 0 Å². The highest BCUT2D eigenvalue weighted by Crippen LogP contribution is 2.20. The van der Waals surface area contributed by atoms with Gasteiger partial charge < -0.3 is 15.7 Å². The van der Waals surface area contributed by atoms with Crippen LogP contribution in [0, 0.1) is 5.92 Å². The number of carbonyl (C=O) groups excluding carboxylic acids is 1. The fourth-order valence-electron chi connectivity index (χ4n) is 2.12. The van der Waals surface area contributed by atoms with E-state index in [4.69, 9.17) is 5.11 Å². The minimum atomic E-state index is -0.180. The van der Waals surface area contributed by atoms with Crippen molar-refractivity contribution in [3.05, 3.63) is 35.9 Å². The third-order valence-corrected chi connectivity index (χ3v) is 3.15. The molecule has 4 nitrogen and oxygen atoms in total. The summed E-state index contributed by atoms with van der Waals surface area (Å²) < 4.78 is 0. The normalized spacial score (nSPS) is 13.8. The Morgan fingerprint density at radius 3 is 2.35 bits per heavy atom. The zero-order valence-electron chi connectivity index (χ0n) is 12.6. The van der Waals surface area contributed by atoms with Crippen LogP contribution in [0.25, 0.3) is 0 Å². The average Bonchev–Trinajstić information content (AvgIpc) is 2.38. The van der Waals surface area contributed by atoms with Gasteiger partial charge in [-0.25, -0.2) is 4.79 Å². The van der Waals surface area contributed by atoms with Crippen LogP contribution in [0.4, 0.5) is 4.79 Å². The van der Waals surface area contributed by atoms with Gasteiger partial charge in [0, 0.05) is 12.6 Å². The molecule has 0 spiro atoms. The molecule has 1 aromatic carbocycles. The van der Waals surface area contributed by atoms with Gasteiger partial charge in [0.05, 0.1) is 6.04 Å². The van der Waals surface area contributed by atoms with Crippen LogP contribution < -0.4 is 10.6 Å². The number of aliphatic hydroxyl groups is 1. The van der Waals surface area contributed by atoms with E-state index in [2.05, 4.69) is 24.5 Å². The molecule has 3 N–H and O–H groups in total. The van der Waals surface area contributed by atoms with Crippen molar-refractivity contribution in [2.75, 3.05) is 6.61 Å². The molecular formula is C16H26N2O2. The molecule has 0 aromatic heterocycles. The monoisotopic (exact) mass is 278 g/mol. The van der Waals surface area contributed by atoms with Crippen LogP contribution in [0.5, 0.6) is 0 Å². The number of urea groups is 1. The maximum atomic E-state index is 12.0. The standard InChI is InChI=1S/C16H26N2O2/c1-12(2)11-15(14-7-5-4-6-8-14)18-16(20)17-13(3)9-10-19/h4-8,12-13,15,19H,9-11H2,1-3H3,(H2,17,18,20)/t13-,15?/m1/s1. The summed E-state index contributed by atoms with van der Waals surface area (Å²) in [4.78, 5) is 12.0. The summed E-state index contributed by atoms with van der Waals surface area (Å²) in [5.41, 5.74) is 1.12. The van der Waals surface area contributed by atoms with E-state index < -0.39 is 0 Å². The molecule has 4 heteroatoms. The maximum absolute atomic E-state index is 12.0. The Hall–Kier alpha value is -1.55. The Labute approximate surface area is 121 Å². The van der Waals surface area contributed by atoms with E-state index in [1.165, 1.54) is 0 Å². The van der Waals surface area contributed by atoms with E-state index in [0.29, 0.717) is 12.3 Å². The van der Waals surface area contributed by atoms with Gasteiger partial charge >= 0.3 is 6.03 Å². The molecule has 2 atom stereocenters. The lowest BCUT2D eigenvalue weighted by Gasteiger charge is -2.22. The van der Waals surface area contributed by atoms with E-state index in [9.17, 15) is 4.79 Å². The lowest BCUT2D eigenvalue weighted by Crippen LogP contribution is -2.43. The zero-order valence-corrected chi connectivity index (χ0v) is 12.6. The first-order valence-corrected chi connectivity index (χ1v) is 7.25. The summed E-state index contributed by atoms with van der Waals surface area (Å²) in [6.07, 6.45) is 1.46. The van der Waals surface area contributed by atoms with Gasteiger partial charge in [0.25, 0.3) is 0 Å². The smallest absolute Gasteiger partial charge is 0.315 e. The van der Waals surface area contributed by atoms with Crippen molar-refractivity contribution >= 4 is 6.03 Å². The third kappa shape index (κ3) is 6.06. The Balaban J connectivity index is 2.63. The first kappa shape index (κ1) is 16.5. The number of amides is 2. The van der Waals surface area contributed by atoms with Gasteiger partial charge in [-0.3, -0.25) is 0 Å². The van der Waals surface area contributed by atoms with Crippen molar-refractivity contribution in [2.45, 2.75) is 45.7 Å². The van der Waals surface area contributed by atoms with Crippen molar-refractivity contribution in [1.82, 2.24) is 10.6 Å². The quantitative estimate of drug-likeness (QED) is 0.718. The Bertz CT molecular complexity index is 393. The maximum Gasteiger partial charge on any atom is 0.315 e. The van der Waals surface area contributed by atoms with Gasteiger partial charge in [0.2, 0.25) is 0 Å². The summed E-state index contributed by atoms with van der Waals surface area (Å²) in [5, 5.41) is 14.7. The molecule has 0 bridgehead atoms. The number of rotatable bonds is 7. The number of aliphatic hydroxyl groups excluding tert-OH is 1. The van der Waals surface area contributed by atoms with Crippen LogP contribution in [0.1, 0.15) is 45.2 Å². The molecule has 0 fully saturated rings.